The van der Waals surface area contributed by atoms with Crippen LogP contribution >= 0.6 is 22.9 Å². The van der Waals surface area contributed by atoms with Gasteiger partial charge in [0, 0.05) is 32.4 Å². The van der Waals surface area contributed by atoms with Gasteiger partial charge < -0.3 is 25.0 Å². The van der Waals surface area contributed by atoms with Crippen LogP contribution in [0, 0.1) is 6.92 Å². The van der Waals surface area contributed by atoms with Gasteiger partial charge in [0.15, 0.2) is 11.0 Å². The lowest BCUT2D eigenvalue weighted by Crippen LogP contribution is -2.55. The highest BCUT2D eigenvalue weighted by molar-refractivity contribution is 7.17. The predicted octanol–water partition coefficient (Wildman–Crippen LogP) is 2.73. The van der Waals surface area contributed by atoms with E-state index in [1.807, 2.05) is 11.8 Å². The number of anilines is 1. The van der Waals surface area contributed by atoms with Crippen LogP contribution in [0.2, 0.25) is 5.02 Å². The topological polar surface area (TPSA) is 138 Å². The van der Waals surface area contributed by atoms with Gasteiger partial charge in [-0.15, -0.1) is 0 Å². The third-order valence-electron chi connectivity index (χ3n) is 5.61. The second-order valence-corrected chi connectivity index (χ2v) is 9.45. The van der Waals surface area contributed by atoms with Crippen LogP contribution in [0.3, 0.4) is 0 Å². The summed E-state index contributed by atoms with van der Waals surface area (Å²) >= 11 is 7.18. The lowest BCUT2D eigenvalue weighted by Gasteiger charge is -2.38. The maximum Gasteiger partial charge on any atom is 0.348 e. The second kappa shape index (κ2) is 10.1. The smallest absolute Gasteiger partial charge is 0.348 e. The Morgan fingerprint density at radius 3 is 2.85 bits per heavy atom. The summed E-state index contributed by atoms with van der Waals surface area (Å²) < 4.78 is 7.57. The number of rotatable bonds is 8. The highest BCUT2D eigenvalue weighted by Crippen LogP contribution is 2.34. The number of carboxylic acids is 1. The number of halogens is 1. The summed E-state index contributed by atoms with van der Waals surface area (Å²) in [7, 11) is 1.69. The number of aromatic carboxylic acids is 1. The van der Waals surface area contributed by atoms with Crippen LogP contribution in [0.1, 0.15) is 45.6 Å². The summed E-state index contributed by atoms with van der Waals surface area (Å²) in [4.78, 5) is 38.5. The summed E-state index contributed by atoms with van der Waals surface area (Å²) in [5.41, 5.74) is 1.42. The lowest BCUT2D eigenvalue weighted by molar-refractivity contribution is 0.0205. The van der Waals surface area contributed by atoms with Crippen LogP contribution in [0.5, 0.6) is 0 Å². The van der Waals surface area contributed by atoms with Crippen molar-refractivity contribution in [1.82, 2.24) is 30.0 Å². The van der Waals surface area contributed by atoms with E-state index in [1.54, 1.807) is 20.0 Å². The summed E-state index contributed by atoms with van der Waals surface area (Å²) in [5, 5.41) is 17.9. The number of hydrogen-bond donors (Lipinski definition) is 3. The van der Waals surface area contributed by atoms with Crippen molar-refractivity contribution in [2.45, 2.75) is 38.8 Å². The Balaban J connectivity index is 1.54. The molecular weight excluding hydrogens is 482 g/mol. The maximum atomic E-state index is 12.8. The fourth-order valence-corrected chi connectivity index (χ4v) is 4.94. The minimum absolute atomic E-state index is 0.103. The summed E-state index contributed by atoms with van der Waals surface area (Å²) in [6, 6.07) is 1.40. The van der Waals surface area contributed by atoms with Crippen LogP contribution in [0.15, 0.2) is 12.4 Å². The van der Waals surface area contributed by atoms with E-state index < -0.39 is 5.97 Å². The molecule has 2 atom stereocenters. The number of H-pyrrole nitrogens is 1. The summed E-state index contributed by atoms with van der Waals surface area (Å²) in [6.45, 7) is 5.40. The molecule has 1 amide bonds. The monoisotopic (exact) mass is 507 g/mol. The average Bonchev–Trinajstić information content (AvgIpc) is 3.51. The number of hydrogen-bond acceptors (Lipinski definition) is 8. The molecule has 0 radical (unpaired) electrons. The number of thiazole rings is 1. The van der Waals surface area contributed by atoms with Crippen LogP contribution in [-0.2, 0) is 11.8 Å². The molecule has 13 heteroatoms. The van der Waals surface area contributed by atoms with Gasteiger partial charge >= 0.3 is 5.97 Å². The van der Waals surface area contributed by atoms with E-state index >= 15 is 0 Å². The van der Waals surface area contributed by atoms with Crippen molar-refractivity contribution in [3.63, 3.8) is 0 Å². The van der Waals surface area contributed by atoms with Crippen LogP contribution in [0.4, 0.5) is 5.13 Å². The first-order valence-electron chi connectivity index (χ1n) is 10.9. The number of aryl methyl sites for hydroxylation is 2. The third kappa shape index (κ3) is 4.93. The highest BCUT2D eigenvalue weighted by Gasteiger charge is 2.34. The zero-order chi connectivity index (χ0) is 24.4. The molecule has 0 bridgehead atoms. The van der Waals surface area contributed by atoms with Gasteiger partial charge in [0.25, 0.3) is 5.91 Å². The molecule has 3 aromatic heterocycles. The molecule has 0 aliphatic carbocycles. The van der Waals surface area contributed by atoms with Crippen molar-refractivity contribution in [3.8, 4) is 11.5 Å². The molecule has 1 saturated heterocycles. The highest BCUT2D eigenvalue weighted by atomic mass is 35.5. The quantitative estimate of drug-likeness (QED) is 0.423. The predicted molar refractivity (Wildman–Crippen MR) is 128 cm³/mol. The SMILES string of the molecule is CCCO[C@@H]1CN(c2nc(-c3ncnn3C)c(C(=O)O)s2)CC[C@@H]1NC(=O)c1cc(Cl)c(C)[nH]1. The Kier molecular flexibility index (Phi) is 7.19. The standard InChI is InChI=1S/C21H26ClN7O4S/c1-4-7-33-15-9-29(6-5-13(15)26-19(30)14-8-12(22)11(2)25-14)21-27-16(17(34-21)20(31)32)18-23-10-24-28(18)3/h8,10,13,15,25H,4-7,9H2,1-3H3,(H,26,30)(H,31,32)/t13-,15+/m0/s1. The number of carboxylic acid groups (broad SMARTS) is 1. The number of nitrogens with one attached hydrogen (secondary N) is 2. The van der Waals surface area contributed by atoms with Gasteiger partial charge in [-0.1, -0.05) is 29.9 Å². The zero-order valence-electron chi connectivity index (χ0n) is 19.0. The number of aromatic nitrogens is 5. The Morgan fingerprint density at radius 1 is 1.44 bits per heavy atom. The van der Waals surface area contributed by atoms with E-state index in [0.29, 0.717) is 47.8 Å². The largest absolute Gasteiger partial charge is 0.477 e. The van der Waals surface area contributed by atoms with E-state index in [0.717, 1.165) is 23.5 Å². The molecule has 11 nitrogen and oxygen atoms in total. The average molecular weight is 508 g/mol. The Bertz CT molecular complexity index is 1170. The van der Waals surface area contributed by atoms with Crippen molar-refractivity contribution in [3.05, 3.63) is 33.7 Å². The summed E-state index contributed by atoms with van der Waals surface area (Å²) in [6.07, 6.45) is 2.51. The van der Waals surface area contributed by atoms with Gasteiger partial charge in [0.1, 0.15) is 22.6 Å². The van der Waals surface area contributed by atoms with Crippen molar-refractivity contribution in [1.29, 1.82) is 0 Å². The Hall–Kier alpha value is -2.96. The number of carbonyl (C=O) groups is 2. The van der Waals surface area contributed by atoms with E-state index in [-0.39, 0.29) is 28.6 Å². The fourth-order valence-electron chi connectivity index (χ4n) is 3.85. The minimum Gasteiger partial charge on any atom is -0.477 e. The zero-order valence-corrected chi connectivity index (χ0v) is 20.6. The van der Waals surface area contributed by atoms with Gasteiger partial charge in [-0.3, -0.25) is 4.79 Å². The van der Waals surface area contributed by atoms with Crippen molar-refractivity contribution >= 4 is 39.9 Å². The molecule has 1 aliphatic rings. The molecule has 182 valence electrons. The first-order chi connectivity index (χ1) is 16.3. The van der Waals surface area contributed by atoms with Crippen molar-refractivity contribution in [2.75, 3.05) is 24.6 Å². The number of piperidine rings is 1. The van der Waals surface area contributed by atoms with E-state index in [2.05, 4.69) is 25.4 Å². The molecule has 4 rings (SSSR count). The molecule has 1 aliphatic heterocycles. The third-order valence-corrected chi connectivity index (χ3v) is 7.11. The first-order valence-corrected chi connectivity index (χ1v) is 12.1. The molecule has 3 N–H and O–H groups in total. The van der Waals surface area contributed by atoms with Gasteiger partial charge in [0.2, 0.25) is 0 Å². The van der Waals surface area contributed by atoms with Crippen LogP contribution < -0.4 is 10.2 Å². The van der Waals surface area contributed by atoms with Crippen LogP contribution in [-0.4, -0.2) is 73.6 Å². The number of ether oxygens (including phenoxy) is 1. The van der Waals surface area contributed by atoms with Gasteiger partial charge in [0.05, 0.1) is 17.2 Å². The van der Waals surface area contributed by atoms with E-state index in [1.165, 1.54) is 11.0 Å². The molecule has 0 unspecified atom stereocenters. The molecule has 0 spiro atoms. The Labute approximate surface area is 205 Å². The molecular formula is C21H26ClN7O4S. The summed E-state index contributed by atoms with van der Waals surface area (Å²) in [5.74, 6) is -0.922. The molecule has 3 aromatic rings. The number of aromatic amines is 1. The first kappa shape index (κ1) is 24.2. The van der Waals surface area contributed by atoms with Gasteiger partial charge in [-0.05, 0) is 25.8 Å². The molecule has 34 heavy (non-hydrogen) atoms. The van der Waals surface area contributed by atoms with Gasteiger partial charge in [-0.25, -0.2) is 19.4 Å². The Morgan fingerprint density at radius 2 is 2.24 bits per heavy atom. The second-order valence-electron chi connectivity index (χ2n) is 8.07. The fraction of sp³-hybridized carbons (Fsp3) is 0.476. The molecule has 4 heterocycles. The van der Waals surface area contributed by atoms with Crippen molar-refractivity contribution < 1.29 is 19.4 Å². The number of carbonyl (C=O) groups excluding carboxylic acids is 1. The normalized spacial score (nSPS) is 18.3. The van der Waals surface area contributed by atoms with E-state index in [4.69, 9.17) is 16.3 Å². The van der Waals surface area contributed by atoms with Crippen LogP contribution in [0.25, 0.3) is 11.5 Å². The van der Waals surface area contributed by atoms with Crippen molar-refractivity contribution in [2.24, 2.45) is 7.05 Å². The minimum atomic E-state index is -1.07. The van der Waals surface area contributed by atoms with E-state index in [9.17, 15) is 14.7 Å². The molecule has 1 fully saturated rings. The number of nitrogens with zero attached hydrogens (tertiary/aromatic N) is 5. The molecule has 0 saturated carbocycles. The van der Waals surface area contributed by atoms with Gasteiger partial charge in [-0.2, -0.15) is 5.10 Å². The number of amides is 1. The molecule has 0 aromatic carbocycles. The maximum absolute atomic E-state index is 12.8. The lowest BCUT2D eigenvalue weighted by atomic mass is 10.0.